The number of alkyl halides is 3. The maximum atomic E-state index is 13.2. The van der Waals surface area contributed by atoms with Gasteiger partial charge in [-0.05, 0) is 99.5 Å². The largest absolute Gasteiger partial charge is 0.457 e. The van der Waals surface area contributed by atoms with Gasteiger partial charge in [0.15, 0.2) is 0 Å². The van der Waals surface area contributed by atoms with Crippen molar-refractivity contribution < 1.29 is 32.3 Å². The summed E-state index contributed by atoms with van der Waals surface area (Å²) in [7, 11) is 0. The second-order valence-electron chi connectivity index (χ2n) is 14.9. The molecular weight excluding hydrogens is 877 g/mol. The third-order valence-electron chi connectivity index (χ3n) is 10.4. The van der Waals surface area contributed by atoms with E-state index in [1.807, 2.05) is 12.1 Å². The van der Waals surface area contributed by atoms with Crippen molar-refractivity contribution in [3.63, 3.8) is 0 Å². The lowest BCUT2D eigenvalue weighted by molar-refractivity contribution is -0.137. The van der Waals surface area contributed by atoms with Crippen molar-refractivity contribution in [2.45, 2.75) is 45.7 Å². The highest BCUT2D eigenvalue weighted by Gasteiger charge is 2.33. The van der Waals surface area contributed by atoms with Gasteiger partial charge in [-0.3, -0.25) is 19.6 Å². The quantitative estimate of drug-likeness (QED) is 0.0403. The van der Waals surface area contributed by atoms with E-state index in [-0.39, 0.29) is 30.4 Å². The summed E-state index contributed by atoms with van der Waals surface area (Å²) in [6.45, 7) is 7.29. The molecule has 0 saturated carbocycles. The average Bonchev–Trinajstić information content (AvgIpc) is 3.29. The van der Waals surface area contributed by atoms with Gasteiger partial charge in [0.25, 0.3) is 5.91 Å². The van der Waals surface area contributed by atoms with Gasteiger partial charge in [-0.25, -0.2) is 9.78 Å². The molecule has 65 heavy (non-hydrogen) atoms. The molecule has 12 nitrogen and oxygen atoms in total. The molecule has 2 aliphatic rings. The number of anilines is 3. The fourth-order valence-electron chi connectivity index (χ4n) is 7.13. The maximum Gasteiger partial charge on any atom is 0.417 e. The van der Waals surface area contributed by atoms with E-state index in [4.69, 9.17) is 26.3 Å². The Morgan fingerprint density at radius 3 is 2.31 bits per heavy atom. The fourth-order valence-corrected chi connectivity index (χ4v) is 8.41. The summed E-state index contributed by atoms with van der Waals surface area (Å²) in [5, 5.41) is 13.1. The van der Waals surface area contributed by atoms with E-state index in [1.54, 1.807) is 29.5 Å². The number of pyridine rings is 1. The lowest BCUT2D eigenvalue weighted by atomic mass is 10.1. The summed E-state index contributed by atoms with van der Waals surface area (Å²) in [5.41, 5.74) is 2.46. The Balaban J connectivity index is 0.823. The van der Waals surface area contributed by atoms with Crippen molar-refractivity contribution >= 4 is 78.8 Å². The molecule has 0 unspecified atom stereocenters. The average molecular weight is 923 g/mol. The first-order chi connectivity index (χ1) is 31.4. The van der Waals surface area contributed by atoms with Gasteiger partial charge in [0.1, 0.15) is 17.2 Å². The highest BCUT2D eigenvalue weighted by atomic mass is 35.5. The van der Waals surface area contributed by atoms with E-state index < -0.39 is 28.7 Å². The molecule has 7 rings (SSSR count). The van der Waals surface area contributed by atoms with Gasteiger partial charge in [-0.2, -0.15) is 13.2 Å². The molecule has 4 amide bonds. The number of aromatic nitrogens is 2. The second kappa shape index (κ2) is 21.3. The van der Waals surface area contributed by atoms with Crippen LogP contribution in [0, 0.1) is 0 Å². The first-order valence-corrected chi connectivity index (χ1v) is 22.3. The van der Waals surface area contributed by atoms with Crippen LogP contribution in [-0.4, -0.2) is 60.5 Å². The number of halogens is 4. The van der Waals surface area contributed by atoms with Gasteiger partial charge in [-0.15, -0.1) is 11.3 Å². The zero-order chi connectivity index (χ0) is 45.9. The highest BCUT2D eigenvalue weighted by molar-refractivity contribution is 7.21. The van der Waals surface area contributed by atoms with Crippen LogP contribution in [0.15, 0.2) is 114 Å². The number of ether oxygens (including phenoxy) is 1. The van der Waals surface area contributed by atoms with Crippen LogP contribution in [0.1, 0.15) is 55.6 Å². The Morgan fingerprint density at radius 2 is 1.54 bits per heavy atom. The maximum absolute atomic E-state index is 13.2. The van der Waals surface area contributed by atoms with Crippen molar-refractivity contribution in [3.8, 4) is 22.1 Å². The molecule has 0 spiro atoms. The first kappa shape index (κ1) is 46.2. The van der Waals surface area contributed by atoms with Crippen molar-refractivity contribution in [2.75, 3.05) is 48.3 Å². The molecule has 0 bridgehead atoms. The van der Waals surface area contributed by atoms with E-state index in [0.29, 0.717) is 36.6 Å². The monoisotopic (exact) mass is 922 g/mol. The van der Waals surface area contributed by atoms with Crippen LogP contribution in [0.4, 0.5) is 35.0 Å². The molecule has 5 aromatic rings. The Kier molecular flexibility index (Phi) is 15.1. The molecule has 2 heterocycles. The summed E-state index contributed by atoms with van der Waals surface area (Å²) in [6.07, 6.45) is -0.497. The minimum absolute atomic E-state index is 0.0868. The number of nitrogens with zero attached hydrogens (tertiary/aromatic N) is 4. The summed E-state index contributed by atoms with van der Waals surface area (Å²) < 4.78 is 46.5. The van der Waals surface area contributed by atoms with Crippen LogP contribution in [0.5, 0.6) is 11.5 Å². The number of carbonyl (C=O) groups excluding carboxylic acids is 3. The SMILES string of the molecule is CCN(CC)c1ccc2nc3c4ccccc4c(=NCCCCCC(=O)NCCNC(=O)c4cc(Oc5ccc(NC(=O)Nc6ccc(Cl)c(C(F)(F)F)c6)cc5)ccn4)cc-3sc2c1. The van der Waals surface area contributed by atoms with Crippen molar-refractivity contribution in [1.29, 1.82) is 0 Å². The van der Waals surface area contributed by atoms with Crippen molar-refractivity contribution in [1.82, 2.24) is 20.6 Å². The molecule has 0 radical (unpaired) electrons. The van der Waals surface area contributed by atoms with E-state index in [9.17, 15) is 27.6 Å². The first-order valence-electron chi connectivity index (χ1n) is 21.1. The van der Waals surface area contributed by atoms with E-state index >= 15 is 0 Å². The summed E-state index contributed by atoms with van der Waals surface area (Å²) in [5.74, 6) is 0.164. The fraction of sp³-hybridized carbons (Fsp3) is 0.250. The summed E-state index contributed by atoms with van der Waals surface area (Å²) >= 11 is 7.39. The number of urea groups is 1. The third-order valence-corrected chi connectivity index (χ3v) is 11.8. The smallest absolute Gasteiger partial charge is 0.417 e. The van der Waals surface area contributed by atoms with Gasteiger partial charge in [0.2, 0.25) is 5.91 Å². The predicted molar refractivity (Wildman–Crippen MR) is 251 cm³/mol. The Hall–Kier alpha value is -6.78. The van der Waals surface area contributed by atoms with E-state index in [1.165, 1.54) is 36.1 Å². The number of unbranched alkanes of at least 4 members (excludes halogenated alkanes) is 2. The molecule has 1 aromatic heterocycles. The predicted octanol–water partition coefficient (Wildman–Crippen LogP) is 10.9. The minimum Gasteiger partial charge on any atom is -0.457 e. The number of rotatable bonds is 17. The second-order valence-corrected chi connectivity index (χ2v) is 16.4. The lowest BCUT2D eigenvalue weighted by Gasteiger charge is -2.21. The van der Waals surface area contributed by atoms with Crippen LogP contribution in [0.25, 0.3) is 31.6 Å². The number of amides is 4. The van der Waals surface area contributed by atoms with E-state index in [2.05, 4.69) is 81.4 Å². The van der Waals surface area contributed by atoms with Crippen molar-refractivity contribution in [2.24, 2.45) is 4.99 Å². The van der Waals surface area contributed by atoms with Crippen LogP contribution in [0.2, 0.25) is 5.02 Å². The normalized spacial score (nSPS) is 11.8. The molecule has 0 saturated heterocycles. The molecule has 336 valence electrons. The van der Waals surface area contributed by atoms with Crippen LogP contribution >= 0.6 is 22.9 Å². The molecular formula is C48H46ClF3N8O4S. The van der Waals surface area contributed by atoms with E-state index in [0.717, 1.165) is 75.0 Å². The Labute approximate surface area is 382 Å². The van der Waals surface area contributed by atoms with Gasteiger partial charge < -0.3 is 30.9 Å². The Bertz CT molecular complexity index is 2850. The lowest BCUT2D eigenvalue weighted by Crippen LogP contribution is -2.34. The molecule has 4 aromatic carbocycles. The van der Waals surface area contributed by atoms with Gasteiger partial charge in [0, 0.05) is 79.2 Å². The summed E-state index contributed by atoms with van der Waals surface area (Å²) in [6, 6.07) is 28.4. The van der Waals surface area contributed by atoms with Crippen LogP contribution in [0.3, 0.4) is 0 Å². The van der Waals surface area contributed by atoms with Crippen LogP contribution in [-0.2, 0) is 11.0 Å². The number of hydrogen-bond acceptors (Lipinski definition) is 9. The Morgan fingerprint density at radius 1 is 0.800 bits per heavy atom. The topological polar surface area (TPSA) is 150 Å². The number of fused-ring (bicyclic) bond motifs is 4. The number of nitrogens with one attached hydrogen (secondary N) is 4. The van der Waals surface area contributed by atoms with Crippen molar-refractivity contribution in [3.05, 3.63) is 131 Å². The molecule has 1 aliphatic heterocycles. The molecule has 0 fully saturated rings. The standard InChI is InChI=1S/C48H46ClF3N8O4S/c1-3-60(4-2)32-16-20-39-42(27-32)65-43-29-40(35-10-7-8-11-36(35)45(43)59-39)53-22-9-5-6-12-44(61)55-24-25-56-46(62)41-28-34(21-23-54-41)64-33-17-13-30(14-18-33)57-47(63)58-31-15-19-38(49)37(26-31)48(50,51)52/h7-8,10-11,13-21,23,26-29H,3-6,9,12,22,24-25H2,1-2H3,(H,55,61)(H,56,62)(H2,57,58,63). The number of hydrogen-bond donors (Lipinski definition) is 4. The van der Waals surface area contributed by atoms with Gasteiger partial charge in [0.05, 0.1) is 36.7 Å². The zero-order valence-corrected chi connectivity index (χ0v) is 37.2. The molecule has 17 heteroatoms. The zero-order valence-electron chi connectivity index (χ0n) is 35.6. The minimum atomic E-state index is -4.68. The number of benzene rings is 5. The molecule has 0 atom stereocenters. The molecule has 4 N–H and O–H groups in total. The van der Waals surface area contributed by atoms with Gasteiger partial charge >= 0.3 is 12.2 Å². The van der Waals surface area contributed by atoms with Gasteiger partial charge in [-0.1, -0.05) is 42.3 Å². The highest BCUT2D eigenvalue weighted by Crippen LogP contribution is 2.37. The third kappa shape index (κ3) is 12.1. The molecule has 1 aliphatic carbocycles. The van der Waals surface area contributed by atoms with Crippen LogP contribution < -0.4 is 36.3 Å². The number of carbonyl (C=O) groups is 3. The summed E-state index contributed by atoms with van der Waals surface area (Å²) in [4.78, 5) is 55.4.